The van der Waals surface area contributed by atoms with Gasteiger partial charge in [0.05, 0.1) is 19.0 Å². The average molecular weight is 485 g/mol. The summed E-state index contributed by atoms with van der Waals surface area (Å²) in [5, 5.41) is 7.73. The molecule has 3 heterocycles. The molecule has 1 N–H and O–H groups in total. The summed E-state index contributed by atoms with van der Waals surface area (Å²) < 4.78 is 13.8. The topological polar surface area (TPSA) is 117 Å². The Morgan fingerprint density at radius 3 is 2.89 bits per heavy atom. The van der Waals surface area contributed by atoms with Gasteiger partial charge in [-0.05, 0) is 44.0 Å². The highest BCUT2D eigenvalue weighted by Crippen LogP contribution is 2.38. The van der Waals surface area contributed by atoms with Gasteiger partial charge in [-0.2, -0.15) is 4.98 Å². The summed E-state index contributed by atoms with van der Waals surface area (Å²) in [5.41, 5.74) is 3.01. The van der Waals surface area contributed by atoms with Gasteiger partial charge in [-0.1, -0.05) is 22.9 Å². The summed E-state index contributed by atoms with van der Waals surface area (Å²) in [6.45, 7) is 2.03. The number of rotatable bonds is 7. The van der Waals surface area contributed by atoms with Gasteiger partial charge < -0.3 is 19.1 Å². The predicted octanol–water partition coefficient (Wildman–Crippen LogP) is 3.62. The number of ether oxygens (including phenoxy) is 1. The van der Waals surface area contributed by atoms with Crippen LogP contribution in [0.25, 0.3) is 21.9 Å². The van der Waals surface area contributed by atoms with Crippen molar-refractivity contribution in [1.29, 1.82) is 0 Å². The molecule has 0 unspecified atom stereocenters. The third kappa shape index (κ3) is 4.00. The first-order chi connectivity index (χ1) is 17.5. The Balaban J connectivity index is 1.39. The minimum Gasteiger partial charge on any atom is -0.497 e. The van der Waals surface area contributed by atoms with Crippen molar-refractivity contribution in [3.63, 3.8) is 0 Å². The first kappa shape index (κ1) is 22.0. The highest BCUT2D eigenvalue weighted by atomic mass is 16.5. The van der Waals surface area contributed by atoms with Gasteiger partial charge >= 0.3 is 0 Å². The quantitative estimate of drug-likeness (QED) is 0.375. The zero-order valence-corrected chi connectivity index (χ0v) is 19.9. The average Bonchev–Trinajstić information content (AvgIpc) is 3.54. The Kier molecular flexibility index (Phi) is 5.28. The number of aromatic nitrogens is 5. The van der Waals surface area contributed by atoms with Crippen LogP contribution in [0.15, 0.2) is 58.1 Å². The van der Waals surface area contributed by atoms with Crippen LogP contribution >= 0.6 is 0 Å². The minimum atomic E-state index is -0.283. The molecule has 1 aliphatic rings. The zero-order valence-electron chi connectivity index (χ0n) is 19.9. The first-order valence-electron chi connectivity index (χ1n) is 11.7. The van der Waals surface area contributed by atoms with Crippen molar-refractivity contribution in [2.45, 2.75) is 38.8 Å². The molecule has 10 heteroatoms. The molecule has 3 aromatic heterocycles. The van der Waals surface area contributed by atoms with Gasteiger partial charge in [0, 0.05) is 23.1 Å². The number of hydrogen-bond acceptors (Lipinski definition) is 7. The van der Waals surface area contributed by atoms with Gasteiger partial charge in [0.25, 0.3) is 5.56 Å². The highest BCUT2D eigenvalue weighted by molar-refractivity contribution is 6.06. The second-order valence-electron chi connectivity index (χ2n) is 9.08. The molecule has 0 atom stereocenters. The van der Waals surface area contributed by atoms with Crippen LogP contribution in [-0.2, 0) is 17.9 Å². The van der Waals surface area contributed by atoms with Crippen LogP contribution in [0, 0.1) is 6.92 Å². The van der Waals surface area contributed by atoms with Crippen molar-refractivity contribution in [3.05, 3.63) is 76.4 Å². The SMILES string of the molecule is COc1cccc(NC(=O)Cn2c3ccc(C)cc3c3ncn(Cc4nc(C5CC5)no4)c(=O)c32)c1. The van der Waals surface area contributed by atoms with E-state index < -0.39 is 0 Å². The molecule has 1 fully saturated rings. The summed E-state index contributed by atoms with van der Waals surface area (Å²) >= 11 is 0. The molecule has 0 spiro atoms. The maximum Gasteiger partial charge on any atom is 0.278 e. The number of hydrogen-bond donors (Lipinski definition) is 1. The van der Waals surface area contributed by atoms with E-state index in [2.05, 4.69) is 20.4 Å². The van der Waals surface area contributed by atoms with Crippen LogP contribution in [0.5, 0.6) is 5.75 Å². The van der Waals surface area contributed by atoms with Crippen LogP contribution in [0.4, 0.5) is 5.69 Å². The second kappa shape index (κ2) is 8.63. The van der Waals surface area contributed by atoms with Gasteiger partial charge in [-0.25, -0.2) is 4.98 Å². The Bertz CT molecular complexity index is 1680. The Hall–Kier alpha value is -4.47. The minimum absolute atomic E-state index is 0.0619. The van der Waals surface area contributed by atoms with E-state index in [0.717, 1.165) is 29.3 Å². The molecule has 0 saturated heterocycles. The Morgan fingerprint density at radius 2 is 2.08 bits per heavy atom. The third-order valence-electron chi connectivity index (χ3n) is 6.37. The van der Waals surface area contributed by atoms with Crippen molar-refractivity contribution >= 4 is 33.5 Å². The molecule has 182 valence electrons. The van der Waals surface area contributed by atoms with E-state index in [1.165, 1.54) is 10.9 Å². The summed E-state index contributed by atoms with van der Waals surface area (Å²) in [6, 6.07) is 13.0. The summed E-state index contributed by atoms with van der Waals surface area (Å²) in [6.07, 6.45) is 3.61. The number of benzene rings is 2. The van der Waals surface area contributed by atoms with Crippen molar-refractivity contribution in [3.8, 4) is 5.75 Å². The molecule has 0 bridgehead atoms. The van der Waals surface area contributed by atoms with Gasteiger partial charge in [0.2, 0.25) is 11.8 Å². The molecular formula is C26H24N6O4. The van der Waals surface area contributed by atoms with Crippen LogP contribution in [-0.4, -0.2) is 37.3 Å². The monoisotopic (exact) mass is 484 g/mol. The van der Waals surface area contributed by atoms with Crippen LogP contribution in [0.2, 0.25) is 0 Å². The molecule has 5 aromatic rings. The van der Waals surface area contributed by atoms with E-state index >= 15 is 0 Å². The summed E-state index contributed by atoms with van der Waals surface area (Å²) in [5.74, 6) is 1.76. The molecular weight excluding hydrogens is 460 g/mol. The van der Waals surface area contributed by atoms with E-state index in [0.29, 0.717) is 40.1 Å². The highest BCUT2D eigenvalue weighted by Gasteiger charge is 2.29. The van der Waals surface area contributed by atoms with Crippen molar-refractivity contribution < 1.29 is 14.1 Å². The summed E-state index contributed by atoms with van der Waals surface area (Å²) in [4.78, 5) is 35.7. The Morgan fingerprint density at radius 1 is 1.22 bits per heavy atom. The molecule has 36 heavy (non-hydrogen) atoms. The lowest BCUT2D eigenvalue weighted by molar-refractivity contribution is -0.116. The third-order valence-corrected chi connectivity index (χ3v) is 6.37. The fourth-order valence-electron chi connectivity index (χ4n) is 4.42. The van der Waals surface area contributed by atoms with Crippen molar-refractivity contribution in [2.75, 3.05) is 12.4 Å². The van der Waals surface area contributed by atoms with Crippen LogP contribution in [0.1, 0.15) is 36.0 Å². The number of carbonyl (C=O) groups excluding carboxylic acids is 1. The number of methoxy groups -OCH3 is 1. The van der Waals surface area contributed by atoms with E-state index in [9.17, 15) is 9.59 Å². The normalized spacial score (nSPS) is 13.4. The molecule has 2 aromatic carbocycles. The number of carbonyl (C=O) groups is 1. The van der Waals surface area contributed by atoms with E-state index in [1.807, 2.05) is 25.1 Å². The van der Waals surface area contributed by atoms with Gasteiger partial charge in [-0.3, -0.25) is 14.2 Å². The number of amides is 1. The lowest BCUT2D eigenvalue weighted by Gasteiger charge is -2.10. The molecule has 1 aliphatic carbocycles. The van der Waals surface area contributed by atoms with E-state index in [4.69, 9.17) is 9.26 Å². The first-order valence-corrected chi connectivity index (χ1v) is 11.7. The maximum absolute atomic E-state index is 13.6. The van der Waals surface area contributed by atoms with Crippen molar-refractivity contribution in [2.24, 2.45) is 0 Å². The largest absolute Gasteiger partial charge is 0.497 e. The standard InChI is InChI=1S/C26H24N6O4/c1-15-6-9-20-19(10-15)23-24(32(20)12-21(33)28-17-4-3-5-18(11-17)35-2)26(34)31(14-27-23)13-22-29-25(30-36-22)16-7-8-16/h3-6,9-11,14,16H,7-8,12-13H2,1-2H3,(H,28,33). The number of aryl methyl sites for hydroxylation is 1. The van der Waals surface area contributed by atoms with Crippen LogP contribution < -0.4 is 15.6 Å². The molecule has 6 rings (SSSR count). The van der Waals surface area contributed by atoms with E-state index in [-0.39, 0.29) is 24.6 Å². The number of nitrogens with zero attached hydrogens (tertiary/aromatic N) is 5. The summed E-state index contributed by atoms with van der Waals surface area (Å²) in [7, 11) is 1.57. The number of fused-ring (bicyclic) bond motifs is 3. The lowest BCUT2D eigenvalue weighted by atomic mass is 10.1. The fourth-order valence-corrected chi connectivity index (χ4v) is 4.42. The second-order valence-corrected chi connectivity index (χ2v) is 9.08. The van der Waals surface area contributed by atoms with Gasteiger partial charge in [0.1, 0.15) is 29.9 Å². The Labute approximate surface area is 205 Å². The van der Waals surface area contributed by atoms with E-state index in [1.54, 1.807) is 35.9 Å². The smallest absolute Gasteiger partial charge is 0.278 e. The maximum atomic E-state index is 13.6. The predicted molar refractivity (Wildman–Crippen MR) is 133 cm³/mol. The lowest BCUT2D eigenvalue weighted by Crippen LogP contribution is -2.25. The van der Waals surface area contributed by atoms with Gasteiger partial charge in [-0.15, -0.1) is 0 Å². The van der Waals surface area contributed by atoms with Crippen LogP contribution in [0.3, 0.4) is 0 Å². The molecule has 1 saturated carbocycles. The molecule has 10 nitrogen and oxygen atoms in total. The van der Waals surface area contributed by atoms with Gasteiger partial charge in [0.15, 0.2) is 5.82 Å². The molecule has 0 radical (unpaired) electrons. The van der Waals surface area contributed by atoms with Crippen molar-refractivity contribution in [1.82, 2.24) is 24.3 Å². The number of nitrogens with one attached hydrogen (secondary N) is 1. The number of anilines is 1. The molecule has 1 amide bonds. The fraction of sp³-hybridized carbons (Fsp3) is 0.269. The molecule has 0 aliphatic heterocycles. The zero-order chi connectivity index (χ0) is 24.8.